The highest BCUT2D eigenvalue weighted by molar-refractivity contribution is 5.98. The first-order chi connectivity index (χ1) is 14.4. The number of para-hydroxylation sites is 1. The van der Waals surface area contributed by atoms with Gasteiger partial charge in [-0.05, 0) is 36.8 Å². The van der Waals surface area contributed by atoms with Crippen molar-refractivity contribution in [2.75, 3.05) is 18.5 Å². The third-order valence-corrected chi connectivity index (χ3v) is 4.83. The van der Waals surface area contributed by atoms with Gasteiger partial charge in [-0.15, -0.1) is 6.42 Å². The Morgan fingerprint density at radius 2 is 2.00 bits per heavy atom. The van der Waals surface area contributed by atoms with Crippen molar-refractivity contribution in [2.24, 2.45) is 0 Å². The maximum absolute atomic E-state index is 13.0. The van der Waals surface area contributed by atoms with Crippen LogP contribution in [0.5, 0.6) is 0 Å². The highest BCUT2D eigenvalue weighted by Gasteiger charge is 2.19. The second-order valence-electron chi connectivity index (χ2n) is 6.81. The number of nitrogens with one attached hydrogen (secondary N) is 1. The first-order valence-electron chi connectivity index (χ1n) is 9.47. The van der Waals surface area contributed by atoms with Gasteiger partial charge >= 0.3 is 0 Å². The molecule has 0 saturated carbocycles. The molecule has 3 aromatic rings. The summed E-state index contributed by atoms with van der Waals surface area (Å²) >= 11 is 0. The number of aromatic nitrogens is 2. The Morgan fingerprint density at radius 1 is 1.23 bits per heavy atom. The lowest BCUT2D eigenvalue weighted by atomic mass is 10.1. The van der Waals surface area contributed by atoms with Gasteiger partial charge in [0.2, 0.25) is 11.8 Å². The molecular weight excluding hydrogens is 380 g/mol. The number of carbonyl (C=O) groups is 2. The lowest BCUT2D eigenvalue weighted by molar-refractivity contribution is -0.123. The van der Waals surface area contributed by atoms with Crippen molar-refractivity contribution < 1.29 is 9.59 Å². The summed E-state index contributed by atoms with van der Waals surface area (Å²) in [7, 11) is 1.51. The molecule has 1 heterocycles. The number of rotatable bonds is 6. The van der Waals surface area contributed by atoms with E-state index in [1.807, 2.05) is 13.0 Å². The number of likely N-dealkylation sites (N-methyl/N-ethyl adjacent to an activating group) is 1. The average molecular weight is 402 g/mol. The molecule has 1 aromatic heterocycles. The van der Waals surface area contributed by atoms with Crippen LogP contribution in [0, 0.1) is 19.3 Å². The van der Waals surface area contributed by atoms with Crippen LogP contribution in [0.2, 0.25) is 0 Å². The summed E-state index contributed by atoms with van der Waals surface area (Å²) in [4.78, 5) is 43.4. The molecule has 0 radical (unpaired) electrons. The summed E-state index contributed by atoms with van der Waals surface area (Å²) in [5.74, 6) is 1.91. The van der Waals surface area contributed by atoms with Gasteiger partial charge in [-0.25, -0.2) is 4.98 Å². The largest absolute Gasteiger partial charge is 0.358 e. The minimum atomic E-state index is -0.311. The van der Waals surface area contributed by atoms with Gasteiger partial charge in [0, 0.05) is 31.3 Å². The van der Waals surface area contributed by atoms with E-state index in [4.69, 9.17) is 6.42 Å². The van der Waals surface area contributed by atoms with Gasteiger partial charge in [-0.1, -0.05) is 24.1 Å². The van der Waals surface area contributed by atoms with Crippen molar-refractivity contribution >= 4 is 28.4 Å². The fourth-order valence-electron chi connectivity index (χ4n) is 3.16. The number of nitrogens with zero attached hydrogens (tertiary/aromatic N) is 3. The van der Waals surface area contributed by atoms with E-state index in [0.717, 1.165) is 5.56 Å². The zero-order valence-corrected chi connectivity index (χ0v) is 16.9. The molecule has 30 heavy (non-hydrogen) atoms. The molecule has 7 heteroatoms. The van der Waals surface area contributed by atoms with Crippen LogP contribution >= 0.6 is 0 Å². The molecule has 3 rings (SSSR count). The number of benzene rings is 2. The summed E-state index contributed by atoms with van der Waals surface area (Å²) in [6.07, 6.45) is 6.93. The fourth-order valence-corrected chi connectivity index (χ4v) is 3.16. The summed E-state index contributed by atoms with van der Waals surface area (Å²) in [5.41, 5.74) is 2.49. The van der Waals surface area contributed by atoms with Crippen LogP contribution < -0.4 is 15.8 Å². The smallest absolute Gasteiger partial charge is 0.261 e. The molecule has 0 spiro atoms. The van der Waals surface area contributed by atoms with Crippen molar-refractivity contribution in [3.05, 3.63) is 70.3 Å². The number of amides is 2. The first kappa shape index (κ1) is 20.8. The lowest BCUT2D eigenvalue weighted by Crippen LogP contribution is -2.40. The number of hydrogen-bond donors (Lipinski definition) is 1. The normalized spacial score (nSPS) is 10.4. The van der Waals surface area contributed by atoms with Crippen LogP contribution in [0.1, 0.15) is 17.5 Å². The van der Waals surface area contributed by atoms with E-state index < -0.39 is 0 Å². The monoisotopic (exact) mass is 402 g/mol. The number of carbonyl (C=O) groups excluding carboxylic acids is 2. The molecule has 2 aromatic carbocycles. The minimum Gasteiger partial charge on any atom is -0.358 e. The van der Waals surface area contributed by atoms with E-state index >= 15 is 0 Å². The molecule has 0 saturated heterocycles. The van der Waals surface area contributed by atoms with Crippen LogP contribution in [0.3, 0.4) is 0 Å². The van der Waals surface area contributed by atoms with Crippen molar-refractivity contribution in [1.29, 1.82) is 0 Å². The quantitative estimate of drug-likeness (QED) is 0.638. The lowest BCUT2D eigenvalue weighted by Gasteiger charge is -2.22. The summed E-state index contributed by atoms with van der Waals surface area (Å²) < 4.78 is 1.41. The summed E-state index contributed by atoms with van der Waals surface area (Å²) in [5, 5.41) is 3.03. The molecule has 1 N–H and O–H groups in total. The Morgan fingerprint density at radius 3 is 2.73 bits per heavy atom. The van der Waals surface area contributed by atoms with Crippen molar-refractivity contribution in [3.63, 3.8) is 0 Å². The molecule has 0 atom stereocenters. The van der Waals surface area contributed by atoms with E-state index in [9.17, 15) is 14.4 Å². The van der Waals surface area contributed by atoms with Gasteiger partial charge < -0.3 is 10.2 Å². The molecule has 0 fully saturated rings. The van der Waals surface area contributed by atoms with Crippen LogP contribution in [0.4, 0.5) is 5.69 Å². The topological polar surface area (TPSA) is 84.3 Å². The number of anilines is 1. The maximum atomic E-state index is 13.0. The van der Waals surface area contributed by atoms with Crippen LogP contribution in [-0.4, -0.2) is 35.0 Å². The molecule has 7 nitrogen and oxygen atoms in total. The van der Waals surface area contributed by atoms with Gasteiger partial charge in [-0.3, -0.25) is 19.0 Å². The second-order valence-corrected chi connectivity index (χ2v) is 6.81. The third-order valence-electron chi connectivity index (χ3n) is 4.83. The SMILES string of the molecule is C#Cc1cccc(N(CC(=O)NC)C(=O)CCn2cnc3c(C)cccc3c2=O)c1. The third kappa shape index (κ3) is 4.39. The van der Waals surface area contributed by atoms with Crippen LogP contribution in [-0.2, 0) is 16.1 Å². The summed E-state index contributed by atoms with van der Waals surface area (Å²) in [6.45, 7) is 1.89. The highest BCUT2D eigenvalue weighted by Crippen LogP contribution is 2.17. The van der Waals surface area contributed by atoms with E-state index in [0.29, 0.717) is 22.2 Å². The van der Waals surface area contributed by atoms with Crippen LogP contribution in [0.25, 0.3) is 10.9 Å². The summed E-state index contributed by atoms with van der Waals surface area (Å²) in [6, 6.07) is 12.3. The van der Waals surface area contributed by atoms with Crippen LogP contribution in [0.15, 0.2) is 53.6 Å². The Bertz CT molecular complexity index is 1210. The standard InChI is InChI=1S/C23H22N4O3/c1-4-17-8-6-9-18(13-17)27(14-20(28)24-3)21(29)11-12-26-15-25-22-16(2)7-5-10-19(22)23(26)30/h1,5-10,13,15H,11-12,14H2,2-3H3,(H,24,28). The molecule has 0 bridgehead atoms. The molecular formula is C23H22N4O3. The fraction of sp³-hybridized carbons (Fsp3) is 0.217. The first-order valence-corrected chi connectivity index (χ1v) is 9.47. The van der Waals surface area contributed by atoms with E-state index in [-0.39, 0.29) is 36.9 Å². The van der Waals surface area contributed by atoms with Gasteiger partial charge in [0.1, 0.15) is 6.54 Å². The average Bonchev–Trinajstić information content (AvgIpc) is 2.77. The molecule has 0 aliphatic heterocycles. The van der Waals surface area contributed by atoms with Crippen molar-refractivity contribution in [2.45, 2.75) is 19.9 Å². The molecule has 0 unspecified atom stereocenters. The molecule has 2 amide bonds. The predicted molar refractivity (Wildman–Crippen MR) is 116 cm³/mol. The second kappa shape index (κ2) is 9.05. The van der Waals surface area contributed by atoms with Gasteiger partial charge in [-0.2, -0.15) is 0 Å². The van der Waals surface area contributed by atoms with Gasteiger partial charge in [0.15, 0.2) is 0 Å². The van der Waals surface area contributed by atoms with Crippen molar-refractivity contribution in [3.8, 4) is 12.3 Å². The number of hydrogen-bond acceptors (Lipinski definition) is 4. The zero-order chi connectivity index (χ0) is 21.7. The van der Waals surface area contributed by atoms with Crippen molar-refractivity contribution in [1.82, 2.24) is 14.9 Å². The predicted octanol–water partition coefficient (Wildman–Crippen LogP) is 1.86. The Hall–Kier alpha value is -3.92. The van der Waals surface area contributed by atoms with Gasteiger partial charge in [0.25, 0.3) is 5.56 Å². The molecule has 152 valence electrons. The number of fused-ring (bicyclic) bond motifs is 1. The highest BCUT2D eigenvalue weighted by atomic mass is 16.2. The van der Waals surface area contributed by atoms with E-state index in [1.54, 1.807) is 36.4 Å². The Kier molecular flexibility index (Phi) is 6.28. The Balaban J connectivity index is 1.85. The minimum absolute atomic E-state index is 0.0240. The number of terminal acetylenes is 1. The number of aryl methyl sites for hydroxylation is 2. The Labute approximate surface area is 174 Å². The molecule has 0 aliphatic carbocycles. The maximum Gasteiger partial charge on any atom is 0.261 e. The van der Waals surface area contributed by atoms with E-state index in [1.165, 1.54) is 22.8 Å². The molecule has 0 aliphatic rings. The van der Waals surface area contributed by atoms with Gasteiger partial charge in [0.05, 0.1) is 17.2 Å². The van der Waals surface area contributed by atoms with E-state index in [2.05, 4.69) is 16.2 Å². The zero-order valence-electron chi connectivity index (χ0n) is 16.9.